The normalized spacial score (nSPS) is 17.2. The van der Waals surface area contributed by atoms with Crippen molar-refractivity contribution in [2.75, 3.05) is 13.7 Å². The number of H-pyrrole nitrogens is 1. The number of hydrogen-bond donors (Lipinski definition) is 2. The molecule has 0 saturated carbocycles. The van der Waals surface area contributed by atoms with E-state index in [4.69, 9.17) is 27.9 Å². The molecule has 0 bridgehead atoms. The van der Waals surface area contributed by atoms with Crippen molar-refractivity contribution in [1.29, 1.82) is 0 Å². The average molecular weight is 425 g/mol. The van der Waals surface area contributed by atoms with Gasteiger partial charge in [-0.25, -0.2) is 14.6 Å². The van der Waals surface area contributed by atoms with E-state index in [0.29, 0.717) is 34.3 Å². The third-order valence-corrected chi connectivity index (χ3v) is 5.70. The monoisotopic (exact) mass is 424 g/mol. The summed E-state index contributed by atoms with van der Waals surface area (Å²) in [5.41, 5.74) is 2.33. The van der Waals surface area contributed by atoms with Gasteiger partial charge in [-0.15, -0.1) is 0 Å². The van der Waals surface area contributed by atoms with Crippen LogP contribution in [0.25, 0.3) is 0 Å². The molecule has 9 heteroatoms. The predicted molar refractivity (Wildman–Crippen MR) is 106 cm³/mol. The molecule has 1 aromatic heterocycles. The number of halogens is 2. The number of aromatic nitrogens is 2. The van der Waals surface area contributed by atoms with Crippen LogP contribution in [0.2, 0.25) is 10.0 Å². The van der Waals surface area contributed by atoms with Crippen LogP contribution < -0.4 is 5.32 Å². The highest BCUT2D eigenvalue weighted by molar-refractivity contribution is 6.42. The number of nitrogens with zero attached hydrogens (tertiary/aromatic N) is 2. The van der Waals surface area contributed by atoms with Crippen LogP contribution in [-0.4, -0.2) is 46.6 Å². The minimum Gasteiger partial charge on any atom is -0.467 e. The molecule has 7 nitrogen and oxygen atoms in total. The van der Waals surface area contributed by atoms with E-state index in [0.717, 1.165) is 5.69 Å². The zero-order chi connectivity index (χ0) is 20.4. The van der Waals surface area contributed by atoms with Crippen LogP contribution >= 0.6 is 23.2 Å². The molecular formula is C19H22Cl2N4O3. The van der Waals surface area contributed by atoms with Crippen molar-refractivity contribution in [2.45, 2.75) is 32.4 Å². The number of benzene rings is 1. The lowest BCUT2D eigenvalue weighted by atomic mass is 9.95. The Kier molecular flexibility index (Phi) is 6.15. The van der Waals surface area contributed by atoms with Crippen molar-refractivity contribution in [3.8, 4) is 0 Å². The molecule has 2 atom stereocenters. The number of ether oxygens (including phenoxy) is 1. The molecule has 0 aliphatic carbocycles. The fourth-order valence-electron chi connectivity index (χ4n) is 3.38. The lowest BCUT2D eigenvalue weighted by Gasteiger charge is -2.36. The molecule has 2 heterocycles. The first kappa shape index (κ1) is 20.5. The zero-order valence-electron chi connectivity index (χ0n) is 15.8. The SMILES string of the molecule is COC(=O)[C@@H](NC(=O)N1CCc2[nH]cnc2[C@@H]1c1cccc(Cl)c1Cl)C(C)C. The maximum Gasteiger partial charge on any atom is 0.328 e. The Morgan fingerprint density at radius 2 is 2.11 bits per heavy atom. The van der Waals surface area contributed by atoms with Crippen molar-refractivity contribution < 1.29 is 14.3 Å². The second kappa shape index (κ2) is 8.41. The van der Waals surface area contributed by atoms with E-state index in [1.54, 1.807) is 23.4 Å². The lowest BCUT2D eigenvalue weighted by molar-refractivity contribution is -0.144. The molecule has 2 aromatic rings. The highest BCUT2D eigenvalue weighted by Crippen LogP contribution is 2.39. The van der Waals surface area contributed by atoms with Gasteiger partial charge in [0, 0.05) is 24.2 Å². The number of aromatic amines is 1. The average Bonchev–Trinajstić information content (AvgIpc) is 3.15. The van der Waals surface area contributed by atoms with Gasteiger partial charge >= 0.3 is 12.0 Å². The minimum absolute atomic E-state index is 0.129. The van der Waals surface area contributed by atoms with E-state index < -0.39 is 24.1 Å². The van der Waals surface area contributed by atoms with Gasteiger partial charge in [-0.1, -0.05) is 49.2 Å². The third-order valence-electron chi connectivity index (χ3n) is 4.86. The van der Waals surface area contributed by atoms with Gasteiger partial charge < -0.3 is 19.9 Å². The van der Waals surface area contributed by atoms with Gasteiger partial charge in [-0.3, -0.25) is 0 Å². The molecule has 1 aromatic carbocycles. The summed E-state index contributed by atoms with van der Waals surface area (Å²) in [5, 5.41) is 3.56. The number of hydrogen-bond acceptors (Lipinski definition) is 4. The van der Waals surface area contributed by atoms with Crippen LogP contribution in [0.3, 0.4) is 0 Å². The van der Waals surface area contributed by atoms with E-state index in [9.17, 15) is 9.59 Å². The largest absolute Gasteiger partial charge is 0.467 e. The maximum absolute atomic E-state index is 13.1. The molecule has 2 N–H and O–H groups in total. The van der Waals surface area contributed by atoms with Gasteiger partial charge in [0.15, 0.2) is 0 Å². The first-order chi connectivity index (χ1) is 13.3. The molecule has 2 amide bonds. The summed E-state index contributed by atoms with van der Waals surface area (Å²) in [6.07, 6.45) is 2.21. The maximum atomic E-state index is 13.1. The standard InChI is InChI=1S/C19H22Cl2N4O3/c1-10(2)15(18(26)28-3)24-19(27)25-8-7-13-16(23-9-22-13)17(25)11-5-4-6-12(20)14(11)21/h4-6,9-10,15,17H,7-8H2,1-3H3,(H,22,23)(H,24,27)/t15-,17-/m0/s1. The number of esters is 1. The second-order valence-electron chi connectivity index (χ2n) is 6.95. The van der Waals surface area contributed by atoms with Crippen LogP contribution in [0, 0.1) is 5.92 Å². The van der Waals surface area contributed by atoms with Gasteiger partial charge in [0.1, 0.15) is 12.1 Å². The van der Waals surface area contributed by atoms with Crippen LogP contribution in [0.15, 0.2) is 24.5 Å². The molecule has 0 saturated heterocycles. The minimum atomic E-state index is -0.756. The number of imidazole rings is 1. The first-order valence-electron chi connectivity index (χ1n) is 8.96. The number of amides is 2. The summed E-state index contributed by atoms with van der Waals surface area (Å²) in [4.78, 5) is 34.4. The van der Waals surface area contributed by atoms with Gasteiger partial charge in [-0.05, 0) is 12.0 Å². The molecule has 1 aliphatic rings. The molecule has 0 fully saturated rings. The Balaban J connectivity index is 1.98. The fraction of sp³-hybridized carbons (Fsp3) is 0.421. The van der Waals surface area contributed by atoms with Crippen molar-refractivity contribution in [2.24, 2.45) is 5.92 Å². The molecule has 1 aliphatic heterocycles. The Morgan fingerprint density at radius 1 is 1.36 bits per heavy atom. The van der Waals surface area contributed by atoms with E-state index in [-0.39, 0.29) is 5.92 Å². The first-order valence-corrected chi connectivity index (χ1v) is 9.71. The molecule has 3 rings (SSSR count). The molecule has 0 spiro atoms. The van der Waals surface area contributed by atoms with Gasteiger partial charge in [0.2, 0.25) is 0 Å². The summed E-state index contributed by atoms with van der Waals surface area (Å²) in [6.45, 7) is 4.12. The summed E-state index contributed by atoms with van der Waals surface area (Å²) in [6, 6.07) is 3.63. The van der Waals surface area contributed by atoms with Crippen LogP contribution in [0.5, 0.6) is 0 Å². The lowest BCUT2D eigenvalue weighted by Crippen LogP contribution is -2.53. The number of carbonyl (C=O) groups is 2. The van der Waals surface area contributed by atoms with Crippen LogP contribution in [0.1, 0.15) is 36.8 Å². The summed E-state index contributed by atoms with van der Waals surface area (Å²) >= 11 is 12.7. The number of fused-ring (bicyclic) bond motifs is 1. The van der Waals surface area contributed by atoms with Gasteiger partial charge in [-0.2, -0.15) is 0 Å². The number of rotatable bonds is 4. The van der Waals surface area contributed by atoms with Crippen LogP contribution in [0.4, 0.5) is 4.79 Å². The predicted octanol–water partition coefficient (Wildman–Crippen LogP) is 3.57. The van der Waals surface area contributed by atoms with E-state index >= 15 is 0 Å². The van der Waals surface area contributed by atoms with Gasteiger partial charge in [0.05, 0.1) is 29.2 Å². The highest BCUT2D eigenvalue weighted by Gasteiger charge is 2.37. The van der Waals surface area contributed by atoms with Crippen molar-refractivity contribution in [1.82, 2.24) is 20.2 Å². The molecule has 0 unspecified atom stereocenters. The van der Waals surface area contributed by atoms with Crippen molar-refractivity contribution in [3.63, 3.8) is 0 Å². The number of carbonyl (C=O) groups excluding carboxylic acids is 2. The Labute approximate surface area is 173 Å². The number of urea groups is 1. The summed E-state index contributed by atoms with van der Waals surface area (Å²) in [5.74, 6) is -0.617. The Bertz CT molecular complexity index is 884. The molecule has 150 valence electrons. The van der Waals surface area contributed by atoms with Crippen molar-refractivity contribution >= 4 is 35.2 Å². The van der Waals surface area contributed by atoms with Crippen LogP contribution in [-0.2, 0) is 16.0 Å². The highest BCUT2D eigenvalue weighted by atomic mass is 35.5. The van der Waals surface area contributed by atoms with E-state index in [1.165, 1.54) is 7.11 Å². The topological polar surface area (TPSA) is 87.3 Å². The summed E-state index contributed by atoms with van der Waals surface area (Å²) in [7, 11) is 1.30. The quantitative estimate of drug-likeness (QED) is 0.734. The zero-order valence-corrected chi connectivity index (χ0v) is 17.3. The smallest absolute Gasteiger partial charge is 0.328 e. The fourth-order valence-corrected chi connectivity index (χ4v) is 3.79. The summed E-state index contributed by atoms with van der Waals surface area (Å²) < 4.78 is 4.82. The molecular weight excluding hydrogens is 403 g/mol. The van der Waals surface area contributed by atoms with E-state index in [2.05, 4.69) is 15.3 Å². The Morgan fingerprint density at radius 3 is 2.79 bits per heavy atom. The molecule has 0 radical (unpaired) electrons. The molecule has 28 heavy (non-hydrogen) atoms. The third kappa shape index (κ3) is 3.82. The van der Waals surface area contributed by atoms with E-state index in [1.807, 2.05) is 19.9 Å². The van der Waals surface area contributed by atoms with Crippen molar-refractivity contribution in [3.05, 3.63) is 51.5 Å². The second-order valence-corrected chi connectivity index (χ2v) is 7.73. The van der Waals surface area contributed by atoms with Gasteiger partial charge in [0.25, 0.3) is 0 Å². The number of methoxy groups -OCH3 is 1. The Hall–Kier alpha value is -2.25. The number of nitrogens with one attached hydrogen (secondary N) is 2.